The van der Waals surface area contributed by atoms with E-state index in [-0.39, 0.29) is 30.6 Å². The molecule has 0 bridgehead atoms. The lowest BCUT2D eigenvalue weighted by Crippen LogP contribution is -2.39. The van der Waals surface area contributed by atoms with Gasteiger partial charge in [0.05, 0.1) is 38.0 Å². The normalized spacial score (nSPS) is 27.3. The van der Waals surface area contributed by atoms with E-state index in [1.54, 1.807) is 18.0 Å². The highest BCUT2D eigenvalue weighted by Gasteiger charge is 2.50. The molecule has 31 heavy (non-hydrogen) atoms. The van der Waals surface area contributed by atoms with Gasteiger partial charge in [-0.05, 0) is 6.07 Å². The number of hydrogen-bond donors (Lipinski definition) is 3. The number of nitrogens with one attached hydrogen (secondary N) is 2. The van der Waals surface area contributed by atoms with Crippen molar-refractivity contribution in [3.63, 3.8) is 0 Å². The van der Waals surface area contributed by atoms with Gasteiger partial charge in [-0.2, -0.15) is 5.10 Å². The first-order valence-corrected chi connectivity index (χ1v) is 10.6. The van der Waals surface area contributed by atoms with Gasteiger partial charge < -0.3 is 30.0 Å². The zero-order valence-corrected chi connectivity index (χ0v) is 17.9. The lowest BCUT2D eigenvalue weighted by molar-refractivity contribution is -0.124. The van der Waals surface area contributed by atoms with Crippen molar-refractivity contribution in [3.8, 4) is 5.75 Å². The number of para-hydroxylation sites is 1. The van der Waals surface area contributed by atoms with Crippen LogP contribution in [0.15, 0.2) is 36.7 Å². The predicted molar refractivity (Wildman–Crippen MR) is 112 cm³/mol. The summed E-state index contributed by atoms with van der Waals surface area (Å²) in [4.78, 5) is 12.2. The second kappa shape index (κ2) is 9.78. The highest BCUT2D eigenvalue weighted by atomic mass is 16.6. The maximum Gasteiger partial charge on any atom is 0.222 e. The van der Waals surface area contributed by atoms with Gasteiger partial charge in [-0.15, -0.1) is 0 Å². The Morgan fingerprint density at radius 2 is 2.16 bits per heavy atom. The largest absolute Gasteiger partial charge is 0.496 e. The number of hydrogen-bond acceptors (Lipinski definition) is 7. The molecule has 4 rings (SSSR count). The summed E-state index contributed by atoms with van der Waals surface area (Å²) < 4.78 is 19.0. The lowest BCUT2D eigenvalue weighted by Gasteiger charge is -2.20. The Morgan fingerprint density at radius 1 is 1.32 bits per heavy atom. The fourth-order valence-corrected chi connectivity index (χ4v) is 4.25. The number of carbonyl (C=O) groups is 1. The summed E-state index contributed by atoms with van der Waals surface area (Å²) in [6, 6.07) is 7.81. The molecular formula is C22H30N4O5. The molecule has 2 aliphatic heterocycles. The Kier molecular flexibility index (Phi) is 6.86. The Hall–Kier alpha value is -2.46. The second-order valence-corrected chi connectivity index (χ2v) is 8.11. The molecule has 0 saturated carbocycles. The maximum atomic E-state index is 12.2. The number of aryl methyl sites for hydroxylation is 1. The smallest absolute Gasteiger partial charge is 0.222 e. The second-order valence-electron chi connectivity index (χ2n) is 8.11. The highest BCUT2D eigenvalue weighted by molar-refractivity contribution is 5.76. The molecule has 1 aromatic carbocycles. The summed E-state index contributed by atoms with van der Waals surface area (Å²) in [6.07, 6.45) is 2.54. The van der Waals surface area contributed by atoms with Crippen molar-refractivity contribution in [2.45, 2.75) is 56.5 Å². The molecule has 5 unspecified atom stereocenters. The summed E-state index contributed by atoms with van der Waals surface area (Å²) in [5.74, 6) is 0.742. The topological polar surface area (TPSA) is 107 Å². The van der Waals surface area contributed by atoms with Gasteiger partial charge in [0.2, 0.25) is 5.91 Å². The number of ether oxygens (including phenoxy) is 3. The van der Waals surface area contributed by atoms with E-state index >= 15 is 0 Å². The minimum absolute atomic E-state index is 0.0849. The van der Waals surface area contributed by atoms with Crippen molar-refractivity contribution in [1.82, 2.24) is 20.4 Å². The van der Waals surface area contributed by atoms with E-state index in [2.05, 4.69) is 15.7 Å². The van der Waals surface area contributed by atoms with Crippen molar-refractivity contribution in [2.75, 3.05) is 13.7 Å². The monoisotopic (exact) mass is 430 g/mol. The van der Waals surface area contributed by atoms with Crippen molar-refractivity contribution >= 4 is 5.91 Å². The van der Waals surface area contributed by atoms with Crippen LogP contribution in [0.25, 0.3) is 0 Å². The molecule has 3 heterocycles. The van der Waals surface area contributed by atoms with Gasteiger partial charge in [0.1, 0.15) is 18.0 Å². The number of rotatable bonds is 9. The van der Waals surface area contributed by atoms with Gasteiger partial charge in [-0.1, -0.05) is 18.2 Å². The number of methoxy groups -OCH3 is 1. The van der Waals surface area contributed by atoms with E-state index in [0.29, 0.717) is 26.1 Å². The lowest BCUT2D eigenvalue weighted by atomic mass is 10.1. The third kappa shape index (κ3) is 5.24. The molecule has 2 saturated heterocycles. The average Bonchev–Trinajstić information content (AvgIpc) is 3.43. The summed E-state index contributed by atoms with van der Waals surface area (Å²) in [5, 5.41) is 20.9. The zero-order chi connectivity index (χ0) is 21.8. The van der Waals surface area contributed by atoms with Crippen LogP contribution in [-0.4, -0.2) is 65.0 Å². The van der Waals surface area contributed by atoms with Gasteiger partial charge in [-0.25, -0.2) is 0 Å². The molecule has 0 spiro atoms. The number of aliphatic hydroxyl groups excluding tert-OH is 1. The van der Waals surface area contributed by atoms with Crippen molar-refractivity contribution in [2.24, 2.45) is 7.05 Å². The maximum absolute atomic E-state index is 12.2. The number of amides is 1. The summed E-state index contributed by atoms with van der Waals surface area (Å²) >= 11 is 0. The van der Waals surface area contributed by atoms with Crippen molar-refractivity contribution < 1.29 is 24.1 Å². The van der Waals surface area contributed by atoms with Gasteiger partial charge >= 0.3 is 0 Å². The van der Waals surface area contributed by atoms with Crippen LogP contribution in [-0.2, 0) is 34.4 Å². The average molecular weight is 431 g/mol. The van der Waals surface area contributed by atoms with Gasteiger partial charge in [0.25, 0.3) is 0 Å². The molecule has 1 amide bonds. The molecule has 9 heteroatoms. The molecule has 9 nitrogen and oxygen atoms in total. The quantitative estimate of drug-likeness (QED) is 0.532. The SMILES string of the molecule is COc1ccccc1CNCC1OC2CC(CC(=O)NCc3cnn(C)c3)OC2C1O. The Morgan fingerprint density at radius 3 is 2.90 bits per heavy atom. The van der Waals surface area contributed by atoms with E-state index in [0.717, 1.165) is 16.9 Å². The minimum Gasteiger partial charge on any atom is -0.496 e. The predicted octanol–water partition coefficient (Wildman–Crippen LogP) is 0.511. The molecule has 168 valence electrons. The Labute approximate surface area is 181 Å². The summed E-state index contributed by atoms with van der Waals surface area (Å²) in [6.45, 7) is 1.56. The molecule has 5 atom stereocenters. The highest BCUT2D eigenvalue weighted by Crippen LogP contribution is 2.35. The van der Waals surface area contributed by atoms with E-state index in [1.165, 1.54) is 0 Å². The number of nitrogens with zero attached hydrogens (tertiary/aromatic N) is 2. The first-order valence-electron chi connectivity index (χ1n) is 10.6. The van der Waals surface area contributed by atoms with Crippen LogP contribution in [0.5, 0.6) is 5.75 Å². The molecule has 0 aliphatic carbocycles. The van der Waals surface area contributed by atoms with Crippen LogP contribution in [0.4, 0.5) is 0 Å². The fraction of sp³-hybridized carbons (Fsp3) is 0.545. The van der Waals surface area contributed by atoms with Crippen LogP contribution < -0.4 is 15.4 Å². The first kappa shape index (κ1) is 21.8. The van der Waals surface area contributed by atoms with Crippen molar-refractivity contribution in [3.05, 3.63) is 47.8 Å². The van der Waals surface area contributed by atoms with Gasteiger partial charge in [-0.3, -0.25) is 9.48 Å². The van der Waals surface area contributed by atoms with E-state index in [9.17, 15) is 9.90 Å². The molecule has 2 aliphatic rings. The molecule has 2 aromatic rings. The molecule has 1 aromatic heterocycles. The van der Waals surface area contributed by atoms with Crippen LogP contribution in [0.3, 0.4) is 0 Å². The third-order valence-electron chi connectivity index (χ3n) is 5.79. The van der Waals surface area contributed by atoms with E-state index < -0.39 is 12.2 Å². The fourth-order valence-electron chi connectivity index (χ4n) is 4.25. The van der Waals surface area contributed by atoms with Crippen LogP contribution in [0.1, 0.15) is 24.0 Å². The van der Waals surface area contributed by atoms with Gasteiger partial charge in [0.15, 0.2) is 0 Å². The number of aliphatic hydroxyl groups is 1. The standard InChI is InChI=1S/C22H30N4O5/c1-26-13-14(10-25-26)9-24-20(27)8-16-7-18-22(30-16)21(28)19(31-18)12-23-11-15-5-3-4-6-17(15)29-2/h3-6,10,13,16,18-19,21-23,28H,7-9,11-12H2,1-2H3,(H,24,27). The molecule has 3 N–H and O–H groups in total. The number of benzene rings is 1. The number of carbonyl (C=O) groups excluding carboxylic acids is 1. The van der Waals surface area contributed by atoms with E-state index in [4.69, 9.17) is 14.2 Å². The number of fused-ring (bicyclic) bond motifs is 1. The molecular weight excluding hydrogens is 400 g/mol. The minimum atomic E-state index is -0.723. The van der Waals surface area contributed by atoms with E-state index in [1.807, 2.05) is 37.5 Å². The number of aromatic nitrogens is 2. The van der Waals surface area contributed by atoms with Crippen LogP contribution >= 0.6 is 0 Å². The zero-order valence-electron chi connectivity index (χ0n) is 17.9. The first-order chi connectivity index (χ1) is 15.0. The Balaban J connectivity index is 1.19. The Bertz CT molecular complexity index is 888. The van der Waals surface area contributed by atoms with Crippen LogP contribution in [0, 0.1) is 0 Å². The summed E-state index contributed by atoms with van der Waals surface area (Å²) in [5.41, 5.74) is 1.99. The third-order valence-corrected chi connectivity index (χ3v) is 5.79. The summed E-state index contributed by atoms with van der Waals surface area (Å²) in [7, 11) is 3.49. The molecule has 0 radical (unpaired) electrons. The van der Waals surface area contributed by atoms with Crippen molar-refractivity contribution in [1.29, 1.82) is 0 Å². The van der Waals surface area contributed by atoms with Gasteiger partial charge in [0, 0.05) is 50.4 Å². The van der Waals surface area contributed by atoms with Crippen LogP contribution in [0.2, 0.25) is 0 Å². The molecule has 2 fully saturated rings.